The predicted octanol–water partition coefficient (Wildman–Crippen LogP) is 3.42. The van der Waals surface area contributed by atoms with Gasteiger partial charge in [-0.15, -0.1) is 0 Å². The third-order valence-electron chi connectivity index (χ3n) is 4.75. The summed E-state index contributed by atoms with van der Waals surface area (Å²) in [5.41, 5.74) is 1.43. The number of nitrogens with zero attached hydrogens (tertiary/aromatic N) is 1. The van der Waals surface area contributed by atoms with E-state index in [9.17, 15) is 13.2 Å². The van der Waals surface area contributed by atoms with Gasteiger partial charge < -0.3 is 4.74 Å². The first-order valence-electron chi connectivity index (χ1n) is 8.75. The lowest BCUT2D eigenvalue weighted by atomic mass is 9.97. The van der Waals surface area contributed by atoms with E-state index in [1.54, 1.807) is 30.5 Å². The summed E-state index contributed by atoms with van der Waals surface area (Å²) in [4.78, 5) is 12.3. The van der Waals surface area contributed by atoms with E-state index in [0.29, 0.717) is 6.42 Å². The van der Waals surface area contributed by atoms with Gasteiger partial charge in [0.15, 0.2) is 0 Å². The highest BCUT2D eigenvalue weighted by atomic mass is 32.2. The minimum Gasteiger partial charge on any atom is -0.461 e. The number of carbonyl (C=O) groups excluding carboxylic acids is 1. The van der Waals surface area contributed by atoms with Gasteiger partial charge in [-0.1, -0.05) is 29.8 Å². The van der Waals surface area contributed by atoms with E-state index in [0.717, 1.165) is 11.1 Å². The molecule has 3 rings (SSSR count). The molecule has 0 unspecified atom stereocenters. The Bertz CT molecular complexity index is 860. The largest absolute Gasteiger partial charge is 0.461 e. The quantitative estimate of drug-likeness (QED) is 0.597. The Labute approximate surface area is 155 Å². The summed E-state index contributed by atoms with van der Waals surface area (Å²) in [6, 6.07) is 6.63. The van der Waals surface area contributed by atoms with Crippen molar-refractivity contribution in [1.29, 1.82) is 0 Å². The van der Waals surface area contributed by atoms with E-state index in [-0.39, 0.29) is 29.4 Å². The second-order valence-electron chi connectivity index (χ2n) is 7.97. The highest BCUT2D eigenvalue weighted by Gasteiger charge is 2.38. The summed E-state index contributed by atoms with van der Waals surface area (Å²) < 4.78 is 32.7. The molecule has 140 valence electrons. The Morgan fingerprint density at radius 3 is 2.50 bits per heavy atom. The van der Waals surface area contributed by atoms with Crippen molar-refractivity contribution in [1.82, 2.24) is 4.31 Å². The van der Waals surface area contributed by atoms with Gasteiger partial charge in [0.1, 0.15) is 6.61 Å². The summed E-state index contributed by atoms with van der Waals surface area (Å²) >= 11 is 0. The molecule has 0 N–H and O–H groups in total. The Balaban J connectivity index is 1.77. The van der Waals surface area contributed by atoms with Crippen molar-refractivity contribution >= 4 is 16.0 Å². The van der Waals surface area contributed by atoms with Crippen molar-refractivity contribution in [3.05, 3.63) is 53.8 Å². The average Bonchev–Trinajstić information content (AvgIpc) is 2.87. The number of allylic oxidation sites excluding steroid dienone is 1. The third-order valence-corrected chi connectivity index (χ3v) is 6.56. The molecule has 6 heteroatoms. The van der Waals surface area contributed by atoms with E-state index in [2.05, 4.69) is 0 Å². The lowest BCUT2D eigenvalue weighted by molar-refractivity contribution is -0.151. The summed E-state index contributed by atoms with van der Waals surface area (Å²) in [5, 5.41) is 0. The first kappa shape index (κ1) is 18.7. The zero-order chi connectivity index (χ0) is 19.1. The maximum Gasteiger partial charge on any atom is 0.311 e. The Morgan fingerprint density at radius 2 is 1.88 bits per heavy atom. The summed E-state index contributed by atoms with van der Waals surface area (Å²) in [5.74, 6) is -0.134. The van der Waals surface area contributed by atoms with Crippen LogP contribution in [-0.2, 0) is 19.6 Å². The van der Waals surface area contributed by atoms with Crippen LogP contribution in [0, 0.1) is 18.3 Å². The van der Waals surface area contributed by atoms with E-state index in [1.165, 1.54) is 4.31 Å². The van der Waals surface area contributed by atoms with Crippen LogP contribution in [0.5, 0.6) is 0 Å². The Hall–Kier alpha value is -2.08. The molecule has 1 aliphatic heterocycles. The van der Waals surface area contributed by atoms with Crippen LogP contribution in [0.2, 0.25) is 0 Å². The highest BCUT2D eigenvalue weighted by Crippen LogP contribution is 2.37. The van der Waals surface area contributed by atoms with Gasteiger partial charge in [-0.25, -0.2) is 8.42 Å². The number of esters is 1. The number of carbonyl (C=O) groups is 1. The minimum absolute atomic E-state index is 0.122. The molecule has 0 radical (unpaired) electrons. The van der Waals surface area contributed by atoms with Crippen LogP contribution in [0.4, 0.5) is 0 Å². The molecule has 0 amide bonds. The van der Waals surface area contributed by atoms with E-state index < -0.39 is 15.4 Å². The van der Waals surface area contributed by atoms with E-state index >= 15 is 0 Å². The van der Waals surface area contributed by atoms with Crippen LogP contribution in [0.3, 0.4) is 0 Å². The molecule has 1 aromatic carbocycles. The van der Waals surface area contributed by atoms with Crippen LogP contribution in [-0.4, -0.2) is 31.3 Å². The molecular formula is C20H25NO4S. The topological polar surface area (TPSA) is 63.7 Å². The number of rotatable bonds is 4. The van der Waals surface area contributed by atoms with Gasteiger partial charge in [0.2, 0.25) is 0 Å². The van der Waals surface area contributed by atoms with Gasteiger partial charge >= 0.3 is 5.97 Å². The lowest BCUT2D eigenvalue weighted by Gasteiger charge is -2.29. The SMILES string of the molecule is Cc1ccc(S(=O)(=O)N2C=C[C@@H]3C[C@H]2C=C3COC(=O)C(C)(C)C)cc1. The smallest absolute Gasteiger partial charge is 0.311 e. The van der Waals surface area contributed by atoms with Crippen molar-refractivity contribution < 1.29 is 17.9 Å². The summed E-state index contributed by atoms with van der Waals surface area (Å²) in [6.07, 6.45) is 6.13. The second kappa shape index (κ2) is 6.58. The zero-order valence-corrected chi connectivity index (χ0v) is 16.4. The van der Waals surface area contributed by atoms with Crippen LogP contribution < -0.4 is 0 Å². The molecule has 2 bridgehead atoms. The number of hydrogen-bond acceptors (Lipinski definition) is 4. The van der Waals surface area contributed by atoms with Crippen LogP contribution >= 0.6 is 0 Å². The fourth-order valence-electron chi connectivity index (χ4n) is 3.14. The molecule has 1 aromatic rings. The second-order valence-corrected chi connectivity index (χ2v) is 9.81. The van der Waals surface area contributed by atoms with E-state index in [4.69, 9.17) is 4.74 Å². The predicted molar refractivity (Wildman–Crippen MR) is 99.7 cm³/mol. The fourth-order valence-corrected chi connectivity index (χ4v) is 4.60. The van der Waals surface area contributed by atoms with Crippen molar-refractivity contribution in [3.8, 4) is 0 Å². The molecule has 0 fully saturated rings. The number of sulfonamides is 1. The van der Waals surface area contributed by atoms with Gasteiger partial charge in [-0.2, -0.15) is 0 Å². The lowest BCUT2D eigenvalue weighted by Crippen LogP contribution is -2.36. The maximum atomic E-state index is 13.0. The molecule has 2 aliphatic rings. The molecule has 0 saturated heterocycles. The first-order valence-corrected chi connectivity index (χ1v) is 10.2. The molecular weight excluding hydrogens is 350 g/mol. The molecule has 26 heavy (non-hydrogen) atoms. The van der Waals surface area contributed by atoms with Gasteiger partial charge in [0.25, 0.3) is 10.0 Å². The summed E-state index contributed by atoms with van der Waals surface area (Å²) in [6.45, 7) is 7.57. The Kier molecular flexibility index (Phi) is 4.73. The molecule has 1 aliphatic carbocycles. The first-order chi connectivity index (χ1) is 12.1. The normalized spacial score (nSPS) is 22.3. The fraction of sp³-hybridized carbons (Fsp3) is 0.450. The standard InChI is InChI=1S/C20H25NO4S/c1-14-5-7-18(8-6-14)26(23,24)21-10-9-15-11-17(21)12-16(15)13-25-19(22)20(2,3)4/h5-10,12,15,17H,11,13H2,1-4H3/t15-,17+/m1/s1. The number of hydrogen-bond donors (Lipinski definition) is 0. The third kappa shape index (κ3) is 3.56. The number of fused-ring (bicyclic) bond motifs is 2. The molecule has 5 nitrogen and oxygen atoms in total. The number of benzene rings is 1. The van der Waals surface area contributed by atoms with Crippen LogP contribution in [0.15, 0.2) is 53.1 Å². The van der Waals surface area contributed by atoms with Crippen LogP contribution in [0.1, 0.15) is 32.8 Å². The van der Waals surface area contributed by atoms with Crippen molar-refractivity contribution in [2.45, 2.75) is 45.1 Å². The monoisotopic (exact) mass is 375 g/mol. The molecule has 0 aromatic heterocycles. The van der Waals surface area contributed by atoms with Crippen LogP contribution in [0.25, 0.3) is 0 Å². The van der Waals surface area contributed by atoms with Gasteiger partial charge in [-0.3, -0.25) is 9.10 Å². The number of ether oxygens (including phenoxy) is 1. The van der Waals surface area contributed by atoms with E-state index in [1.807, 2.05) is 39.8 Å². The van der Waals surface area contributed by atoms with Crippen molar-refractivity contribution in [3.63, 3.8) is 0 Å². The average molecular weight is 375 g/mol. The van der Waals surface area contributed by atoms with Gasteiger partial charge in [0, 0.05) is 12.1 Å². The van der Waals surface area contributed by atoms with Crippen molar-refractivity contribution in [2.75, 3.05) is 6.61 Å². The molecule has 0 saturated carbocycles. The Morgan fingerprint density at radius 1 is 1.23 bits per heavy atom. The highest BCUT2D eigenvalue weighted by molar-refractivity contribution is 7.89. The van der Waals surface area contributed by atoms with Gasteiger partial charge in [0.05, 0.1) is 16.4 Å². The summed E-state index contributed by atoms with van der Waals surface area (Å²) in [7, 11) is -3.60. The molecule has 0 spiro atoms. The maximum absolute atomic E-state index is 13.0. The molecule has 2 atom stereocenters. The zero-order valence-electron chi connectivity index (χ0n) is 15.6. The number of aryl methyl sites for hydroxylation is 1. The van der Waals surface area contributed by atoms with Gasteiger partial charge in [-0.05, 0) is 51.8 Å². The van der Waals surface area contributed by atoms with Crippen molar-refractivity contribution in [2.24, 2.45) is 11.3 Å². The minimum atomic E-state index is -3.60. The molecule has 1 heterocycles.